The van der Waals surface area contributed by atoms with E-state index in [0.29, 0.717) is 16.3 Å². The highest BCUT2D eigenvalue weighted by molar-refractivity contribution is 7.12. The molecule has 0 saturated heterocycles. The Morgan fingerprint density at radius 1 is 1.21 bits per heavy atom. The molecule has 0 aromatic carbocycles. The second kappa shape index (κ2) is 9.01. The fourth-order valence-electron chi connectivity index (χ4n) is 2.60. The van der Waals surface area contributed by atoms with E-state index in [-0.39, 0.29) is 11.8 Å². The highest BCUT2D eigenvalue weighted by Gasteiger charge is 2.30. The number of carbonyl (C=O) groups is 3. The number of nitrogens with zero attached hydrogens (tertiary/aromatic N) is 2. The quantitative estimate of drug-likeness (QED) is 0.688. The predicted octanol–water partition coefficient (Wildman–Crippen LogP) is 2.42. The third kappa shape index (κ3) is 4.98. The second-order valence-electron chi connectivity index (χ2n) is 6.91. The van der Waals surface area contributed by atoms with Crippen molar-refractivity contribution in [3.05, 3.63) is 33.8 Å². The molecule has 152 valence electrons. The van der Waals surface area contributed by atoms with E-state index in [2.05, 4.69) is 15.7 Å². The maximum atomic E-state index is 12.6. The smallest absolute Gasteiger partial charge is 0.329 e. The van der Waals surface area contributed by atoms with Gasteiger partial charge in [-0.25, -0.2) is 4.79 Å². The summed E-state index contributed by atoms with van der Waals surface area (Å²) >= 11 is 1.28. The van der Waals surface area contributed by atoms with Gasteiger partial charge in [-0.2, -0.15) is 5.10 Å². The molecule has 2 atom stereocenters. The molecule has 0 bridgehead atoms. The van der Waals surface area contributed by atoms with Crippen LogP contribution in [0.3, 0.4) is 0 Å². The van der Waals surface area contributed by atoms with Gasteiger partial charge in [-0.05, 0) is 38.1 Å². The summed E-state index contributed by atoms with van der Waals surface area (Å²) in [4.78, 5) is 37.8. The van der Waals surface area contributed by atoms with Gasteiger partial charge in [0, 0.05) is 7.05 Å². The first kappa shape index (κ1) is 21.6. The number of aryl methyl sites for hydroxylation is 2. The van der Waals surface area contributed by atoms with Gasteiger partial charge in [-0.1, -0.05) is 19.9 Å². The van der Waals surface area contributed by atoms with Crippen LogP contribution in [0.2, 0.25) is 0 Å². The first-order chi connectivity index (χ1) is 13.1. The number of amides is 2. The van der Waals surface area contributed by atoms with Gasteiger partial charge < -0.3 is 15.4 Å². The predicted molar refractivity (Wildman–Crippen MR) is 107 cm³/mol. The summed E-state index contributed by atoms with van der Waals surface area (Å²) in [5, 5.41) is 11.5. The molecule has 2 aromatic rings. The average Bonchev–Trinajstić information content (AvgIpc) is 3.23. The minimum absolute atomic E-state index is 0.200. The molecule has 28 heavy (non-hydrogen) atoms. The molecule has 0 saturated carbocycles. The van der Waals surface area contributed by atoms with Crippen molar-refractivity contribution in [2.75, 3.05) is 5.32 Å². The molecule has 0 fully saturated rings. The number of esters is 1. The molecule has 0 aliphatic carbocycles. The molecule has 2 aromatic heterocycles. The first-order valence-corrected chi connectivity index (χ1v) is 9.85. The van der Waals surface area contributed by atoms with Gasteiger partial charge in [0.25, 0.3) is 11.8 Å². The van der Waals surface area contributed by atoms with Crippen molar-refractivity contribution in [1.29, 1.82) is 0 Å². The standard InChI is InChI=1S/C19H26N4O4S/c1-10(2)15(20-18(25)14-8-7-9-28-14)19(26)27-13(5)17(24)21-16-11(3)22-23(6)12(16)4/h7-10,13,15H,1-6H3,(H,20,25)(H,21,24)/t13-,15+/m1/s1. The molecule has 2 rings (SSSR count). The van der Waals surface area contributed by atoms with Crippen LogP contribution in [0.15, 0.2) is 17.5 Å². The lowest BCUT2D eigenvalue weighted by molar-refractivity contribution is -0.156. The minimum Gasteiger partial charge on any atom is -0.451 e. The summed E-state index contributed by atoms with van der Waals surface area (Å²) in [6.07, 6.45) is -1.02. The zero-order valence-electron chi connectivity index (χ0n) is 16.9. The Labute approximate surface area is 168 Å². The molecule has 0 radical (unpaired) electrons. The summed E-state index contributed by atoms with van der Waals surface area (Å²) in [6.45, 7) is 8.71. The van der Waals surface area contributed by atoms with E-state index in [1.54, 1.807) is 50.0 Å². The zero-order chi connectivity index (χ0) is 21.0. The second-order valence-corrected chi connectivity index (χ2v) is 7.86. The normalized spacial score (nSPS) is 13.1. The first-order valence-electron chi connectivity index (χ1n) is 8.97. The topological polar surface area (TPSA) is 102 Å². The van der Waals surface area contributed by atoms with Crippen LogP contribution in [0.25, 0.3) is 0 Å². The Morgan fingerprint density at radius 3 is 2.39 bits per heavy atom. The van der Waals surface area contributed by atoms with E-state index in [1.165, 1.54) is 18.3 Å². The van der Waals surface area contributed by atoms with Gasteiger partial charge in [0.05, 0.1) is 22.0 Å². The van der Waals surface area contributed by atoms with Crippen molar-refractivity contribution < 1.29 is 19.1 Å². The lowest BCUT2D eigenvalue weighted by Crippen LogP contribution is -2.47. The molecular formula is C19H26N4O4S. The van der Waals surface area contributed by atoms with Gasteiger partial charge >= 0.3 is 5.97 Å². The van der Waals surface area contributed by atoms with Gasteiger partial charge in [-0.3, -0.25) is 14.3 Å². The number of nitrogens with one attached hydrogen (secondary N) is 2. The summed E-state index contributed by atoms with van der Waals surface area (Å²) < 4.78 is 6.99. The van der Waals surface area contributed by atoms with Crippen molar-refractivity contribution in [3.63, 3.8) is 0 Å². The minimum atomic E-state index is -1.02. The third-order valence-electron chi connectivity index (χ3n) is 4.37. The number of aromatic nitrogens is 2. The van der Waals surface area contributed by atoms with E-state index in [0.717, 1.165) is 5.69 Å². The molecule has 8 nitrogen and oxygen atoms in total. The van der Waals surface area contributed by atoms with Crippen LogP contribution < -0.4 is 10.6 Å². The molecule has 2 amide bonds. The number of thiophene rings is 1. The highest BCUT2D eigenvalue weighted by Crippen LogP contribution is 2.19. The van der Waals surface area contributed by atoms with E-state index in [4.69, 9.17) is 4.74 Å². The van der Waals surface area contributed by atoms with Crippen molar-refractivity contribution >= 4 is 34.8 Å². The van der Waals surface area contributed by atoms with Crippen molar-refractivity contribution in [2.24, 2.45) is 13.0 Å². The lowest BCUT2D eigenvalue weighted by Gasteiger charge is -2.22. The Balaban J connectivity index is 2.01. The Morgan fingerprint density at radius 2 is 1.89 bits per heavy atom. The van der Waals surface area contributed by atoms with Crippen LogP contribution in [-0.4, -0.2) is 39.7 Å². The van der Waals surface area contributed by atoms with Crippen LogP contribution in [0.5, 0.6) is 0 Å². The molecule has 0 spiro atoms. The van der Waals surface area contributed by atoms with Crippen LogP contribution in [0.1, 0.15) is 41.8 Å². The molecule has 2 N–H and O–H groups in total. The van der Waals surface area contributed by atoms with E-state index < -0.39 is 24.0 Å². The van der Waals surface area contributed by atoms with Gasteiger partial charge in [-0.15, -0.1) is 11.3 Å². The fraction of sp³-hybridized carbons (Fsp3) is 0.474. The van der Waals surface area contributed by atoms with Gasteiger partial charge in [0.1, 0.15) is 6.04 Å². The van der Waals surface area contributed by atoms with E-state index >= 15 is 0 Å². The van der Waals surface area contributed by atoms with Gasteiger partial charge in [0.15, 0.2) is 6.10 Å². The largest absolute Gasteiger partial charge is 0.451 e. The van der Waals surface area contributed by atoms with Crippen LogP contribution in [0, 0.1) is 19.8 Å². The van der Waals surface area contributed by atoms with Crippen LogP contribution >= 0.6 is 11.3 Å². The molecule has 0 aliphatic heterocycles. The van der Waals surface area contributed by atoms with Crippen LogP contribution in [-0.2, 0) is 21.4 Å². The summed E-state index contributed by atoms with van der Waals surface area (Å²) in [6, 6.07) is 2.58. The maximum Gasteiger partial charge on any atom is 0.329 e. The van der Waals surface area contributed by atoms with Gasteiger partial charge in [0.2, 0.25) is 0 Å². The summed E-state index contributed by atoms with van der Waals surface area (Å²) in [7, 11) is 1.78. The number of anilines is 1. The lowest BCUT2D eigenvalue weighted by atomic mass is 10.0. The van der Waals surface area contributed by atoms with Crippen molar-refractivity contribution in [3.8, 4) is 0 Å². The Hall–Kier alpha value is -2.68. The van der Waals surface area contributed by atoms with E-state index in [9.17, 15) is 14.4 Å². The average molecular weight is 407 g/mol. The summed E-state index contributed by atoms with van der Waals surface area (Å²) in [5.41, 5.74) is 2.07. The third-order valence-corrected chi connectivity index (χ3v) is 5.24. The number of hydrogen-bond acceptors (Lipinski definition) is 6. The summed E-state index contributed by atoms with van der Waals surface area (Å²) in [5.74, 6) is -1.65. The maximum absolute atomic E-state index is 12.6. The molecule has 0 aliphatic rings. The molecule has 2 heterocycles. The monoisotopic (exact) mass is 406 g/mol. The van der Waals surface area contributed by atoms with Crippen molar-refractivity contribution in [1.82, 2.24) is 15.1 Å². The fourth-order valence-corrected chi connectivity index (χ4v) is 3.23. The molecule has 9 heteroatoms. The highest BCUT2D eigenvalue weighted by atomic mass is 32.1. The Kier molecular flexibility index (Phi) is 6.95. The number of ether oxygens (including phenoxy) is 1. The van der Waals surface area contributed by atoms with E-state index in [1.807, 2.05) is 6.92 Å². The number of carbonyl (C=O) groups excluding carboxylic acids is 3. The number of hydrogen-bond donors (Lipinski definition) is 2. The zero-order valence-corrected chi connectivity index (χ0v) is 17.7. The Bertz CT molecular complexity index is 858. The van der Waals surface area contributed by atoms with Crippen molar-refractivity contribution in [2.45, 2.75) is 46.8 Å². The molecule has 0 unspecified atom stereocenters. The molecular weight excluding hydrogens is 380 g/mol. The number of rotatable bonds is 7. The SMILES string of the molecule is Cc1nn(C)c(C)c1NC(=O)[C@@H](C)OC(=O)[C@@H](NC(=O)c1cccs1)C(C)C. The van der Waals surface area contributed by atoms with Crippen LogP contribution in [0.4, 0.5) is 5.69 Å².